The quantitative estimate of drug-likeness (QED) is 0.550. The summed E-state index contributed by atoms with van der Waals surface area (Å²) in [6.45, 7) is 4.65. The maximum Gasteiger partial charge on any atom is 0.0277 e. The van der Waals surface area contributed by atoms with Gasteiger partial charge in [0.25, 0.3) is 0 Å². The molecule has 0 bridgehead atoms. The topological polar surface area (TPSA) is 38.4 Å². The van der Waals surface area contributed by atoms with Gasteiger partial charge in [-0.1, -0.05) is 5.57 Å². The van der Waals surface area contributed by atoms with Crippen molar-refractivity contribution in [2.24, 2.45) is 10.7 Å². The summed E-state index contributed by atoms with van der Waals surface area (Å²) < 4.78 is 0. The fraction of sp³-hybridized carbons (Fsp3) is 0.571. The summed E-state index contributed by atoms with van der Waals surface area (Å²) in [4.78, 5) is 3.87. The zero-order valence-electron chi connectivity index (χ0n) is 6.31. The Bertz CT molecular complexity index is 130. The molecule has 0 heterocycles. The van der Waals surface area contributed by atoms with Crippen LogP contribution in [0.15, 0.2) is 16.1 Å². The second kappa shape index (κ2) is 4.27. The predicted octanol–water partition coefficient (Wildman–Crippen LogP) is 0.982. The maximum atomic E-state index is 5.41. The third-order valence-electron chi connectivity index (χ3n) is 1.15. The first kappa shape index (κ1) is 8.37. The Hall–Kier alpha value is -0.630. The Balaban J connectivity index is 4.16. The zero-order valence-corrected chi connectivity index (χ0v) is 6.31. The van der Waals surface area contributed by atoms with E-state index in [1.165, 1.54) is 5.57 Å². The minimum Gasteiger partial charge on any atom is -0.326 e. The number of allylic oxidation sites excluding steroid dienone is 1. The number of nitrogens with two attached hydrogens (primary N) is 1. The highest BCUT2D eigenvalue weighted by molar-refractivity contribution is 5.79. The van der Waals surface area contributed by atoms with E-state index in [-0.39, 0.29) is 0 Å². The lowest BCUT2D eigenvalue weighted by Crippen LogP contribution is -2.05. The van der Waals surface area contributed by atoms with Crippen LogP contribution in [0.25, 0.3) is 0 Å². The van der Waals surface area contributed by atoms with Crippen molar-refractivity contribution < 1.29 is 0 Å². The smallest absolute Gasteiger partial charge is 0.0277 e. The summed E-state index contributed by atoms with van der Waals surface area (Å²) in [5.74, 6) is 0. The van der Waals surface area contributed by atoms with Crippen molar-refractivity contribution in [2.45, 2.75) is 13.8 Å². The predicted molar refractivity (Wildman–Crippen MR) is 41.8 cm³/mol. The molecule has 0 saturated carbocycles. The first-order valence-electron chi connectivity index (χ1n) is 3.01. The van der Waals surface area contributed by atoms with Crippen LogP contribution < -0.4 is 5.73 Å². The van der Waals surface area contributed by atoms with Gasteiger partial charge in [-0.3, -0.25) is 4.99 Å². The number of hydrogen-bond acceptors (Lipinski definition) is 2. The van der Waals surface area contributed by atoms with E-state index in [9.17, 15) is 0 Å². The van der Waals surface area contributed by atoms with Crippen LogP contribution in [0.5, 0.6) is 0 Å². The van der Waals surface area contributed by atoms with Crippen LogP contribution in [0.2, 0.25) is 0 Å². The van der Waals surface area contributed by atoms with E-state index >= 15 is 0 Å². The molecule has 0 fully saturated rings. The summed E-state index contributed by atoms with van der Waals surface area (Å²) in [5.41, 5.74) is 7.77. The highest BCUT2D eigenvalue weighted by Crippen LogP contribution is 1.96. The molecule has 0 spiro atoms. The number of nitrogens with zero attached hydrogens (tertiary/aromatic N) is 1. The van der Waals surface area contributed by atoms with Crippen LogP contribution in [-0.2, 0) is 0 Å². The lowest BCUT2D eigenvalue weighted by Gasteiger charge is -1.97. The van der Waals surface area contributed by atoms with Crippen molar-refractivity contribution in [1.82, 2.24) is 0 Å². The van der Waals surface area contributed by atoms with Gasteiger partial charge in [-0.25, -0.2) is 0 Å². The summed E-state index contributed by atoms with van der Waals surface area (Å²) in [7, 11) is 1.75. The van der Waals surface area contributed by atoms with Gasteiger partial charge in [0, 0.05) is 19.8 Å². The van der Waals surface area contributed by atoms with Crippen LogP contribution in [0.4, 0.5) is 0 Å². The molecule has 0 saturated heterocycles. The summed E-state index contributed by atoms with van der Waals surface area (Å²) in [5, 5.41) is 0. The summed E-state index contributed by atoms with van der Waals surface area (Å²) >= 11 is 0. The summed E-state index contributed by atoms with van der Waals surface area (Å²) in [6, 6.07) is 0. The molecule has 2 heteroatoms. The van der Waals surface area contributed by atoms with Gasteiger partial charge in [0.05, 0.1) is 0 Å². The molecule has 0 aliphatic heterocycles. The second-order valence-electron chi connectivity index (χ2n) is 2.12. The van der Waals surface area contributed by atoms with E-state index < -0.39 is 0 Å². The molecule has 52 valence electrons. The largest absolute Gasteiger partial charge is 0.326 e. The molecule has 9 heavy (non-hydrogen) atoms. The molecular formula is C7H14N2. The molecule has 0 aromatic heterocycles. The molecule has 0 unspecified atom stereocenters. The lowest BCUT2D eigenvalue weighted by atomic mass is 10.2. The van der Waals surface area contributed by atoms with E-state index in [1.54, 1.807) is 13.3 Å². The molecule has 2 N–H and O–H groups in total. The average Bonchev–Trinajstić information content (AvgIpc) is 1.82. The van der Waals surface area contributed by atoms with E-state index in [0.29, 0.717) is 6.54 Å². The van der Waals surface area contributed by atoms with Gasteiger partial charge in [-0.05, 0) is 19.4 Å². The van der Waals surface area contributed by atoms with Crippen LogP contribution in [0, 0.1) is 0 Å². The first-order chi connectivity index (χ1) is 4.22. The van der Waals surface area contributed by atoms with Crippen LogP contribution >= 0.6 is 0 Å². The Kier molecular flexibility index (Phi) is 3.97. The van der Waals surface area contributed by atoms with E-state index in [4.69, 9.17) is 5.73 Å². The molecule has 0 amide bonds. The third kappa shape index (κ3) is 3.03. The SMILES string of the molecule is CN=CC(CN)=C(C)C. The fourth-order valence-corrected chi connectivity index (χ4v) is 0.542. The number of rotatable bonds is 2. The molecule has 0 radical (unpaired) electrons. The van der Waals surface area contributed by atoms with Crippen molar-refractivity contribution >= 4 is 6.21 Å². The van der Waals surface area contributed by atoms with Crippen molar-refractivity contribution in [1.29, 1.82) is 0 Å². The average molecular weight is 126 g/mol. The minimum absolute atomic E-state index is 0.583. The van der Waals surface area contributed by atoms with Gasteiger partial charge in [-0.2, -0.15) is 0 Å². The highest BCUT2D eigenvalue weighted by Gasteiger charge is 1.89. The lowest BCUT2D eigenvalue weighted by molar-refractivity contribution is 1.16. The Labute approximate surface area is 56.5 Å². The number of aliphatic imine (C=N–C) groups is 1. The van der Waals surface area contributed by atoms with Gasteiger partial charge >= 0.3 is 0 Å². The van der Waals surface area contributed by atoms with E-state index in [1.807, 2.05) is 13.8 Å². The molecule has 0 aromatic carbocycles. The van der Waals surface area contributed by atoms with Crippen molar-refractivity contribution in [3.8, 4) is 0 Å². The molecular weight excluding hydrogens is 112 g/mol. The second-order valence-corrected chi connectivity index (χ2v) is 2.12. The van der Waals surface area contributed by atoms with E-state index in [0.717, 1.165) is 5.57 Å². The van der Waals surface area contributed by atoms with Crippen molar-refractivity contribution in [2.75, 3.05) is 13.6 Å². The molecule has 2 nitrogen and oxygen atoms in total. The van der Waals surface area contributed by atoms with Crippen molar-refractivity contribution in [3.63, 3.8) is 0 Å². The molecule has 0 rings (SSSR count). The van der Waals surface area contributed by atoms with Crippen molar-refractivity contribution in [3.05, 3.63) is 11.1 Å². The van der Waals surface area contributed by atoms with E-state index in [2.05, 4.69) is 4.99 Å². The molecule has 0 aromatic rings. The Morgan fingerprint density at radius 1 is 1.56 bits per heavy atom. The maximum absolute atomic E-state index is 5.41. The molecule has 0 atom stereocenters. The van der Waals surface area contributed by atoms with Crippen LogP contribution in [0.1, 0.15) is 13.8 Å². The summed E-state index contributed by atoms with van der Waals surface area (Å²) in [6.07, 6.45) is 1.80. The number of hydrogen-bond donors (Lipinski definition) is 1. The Morgan fingerprint density at radius 3 is 2.22 bits per heavy atom. The normalized spacial score (nSPS) is 10.2. The van der Waals surface area contributed by atoms with Gasteiger partial charge in [-0.15, -0.1) is 0 Å². The standard InChI is InChI=1S/C7H14N2/c1-6(2)7(4-8)5-9-3/h5H,4,8H2,1-3H3. The highest BCUT2D eigenvalue weighted by atomic mass is 14.6. The fourth-order valence-electron chi connectivity index (χ4n) is 0.542. The van der Waals surface area contributed by atoms with Crippen LogP contribution in [0.3, 0.4) is 0 Å². The van der Waals surface area contributed by atoms with Crippen LogP contribution in [-0.4, -0.2) is 19.8 Å². The Morgan fingerprint density at radius 2 is 2.11 bits per heavy atom. The molecule has 0 aliphatic rings. The minimum atomic E-state index is 0.583. The van der Waals surface area contributed by atoms with Gasteiger partial charge in [0.1, 0.15) is 0 Å². The zero-order chi connectivity index (χ0) is 7.28. The third-order valence-corrected chi connectivity index (χ3v) is 1.15. The first-order valence-corrected chi connectivity index (χ1v) is 3.01. The van der Waals surface area contributed by atoms with Gasteiger partial charge < -0.3 is 5.73 Å². The monoisotopic (exact) mass is 126 g/mol. The van der Waals surface area contributed by atoms with Gasteiger partial charge in [0.15, 0.2) is 0 Å². The van der Waals surface area contributed by atoms with Gasteiger partial charge in [0.2, 0.25) is 0 Å². The molecule has 0 aliphatic carbocycles.